The third kappa shape index (κ3) is 5.33. The number of benzene rings is 2. The molecule has 1 saturated heterocycles. The first-order valence-electron chi connectivity index (χ1n) is 7.58. The van der Waals surface area contributed by atoms with Gasteiger partial charge in [0.05, 0.1) is 17.7 Å². The number of aliphatic imine (C=N–C) groups is 1. The Labute approximate surface area is 160 Å². The van der Waals surface area contributed by atoms with Gasteiger partial charge in [-0.15, -0.1) is 0 Å². The summed E-state index contributed by atoms with van der Waals surface area (Å²) < 4.78 is 31.4. The highest BCUT2D eigenvalue weighted by molar-refractivity contribution is 8.18. The molecule has 0 bridgehead atoms. The highest BCUT2D eigenvalue weighted by atomic mass is 32.2. The van der Waals surface area contributed by atoms with Gasteiger partial charge in [0.2, 0.25) is 0 Å². The maximum absolute atomic E-state index is 12.1. The van der Waals surface area contributed by atoms with E-state index in [-0.39, 0.29) is 11.7 Å². The first kappa shape index (κ1) is 19.0. The molecule has 0 unspecified atom stereocenters. The summed E-state index contributed by atoms with van der Waals surface area (Å²) in [7, 11) is -2.49. The molecule has 1 heterocycles. The van der Waals surface area contributed by atoms with Crippen molar-refractivity contribution < 1.29 is 22.1 Å². The second kappa shape index (κ2) is 7.82. The molecule has 0 spiro atoms. The van der Waals surface area contributed by atoms with Crippen LogP contribution in [-0.4, -0.2) is 26.6 Å². The maximum atomic E-state index is 12.1. The summed E-state index contributed by atoms with van der Waals surface area (Å²) in [4.78, 5) is 16.9. The van der Waals surface area contributed by atoms with Gasteiger partial charge in [-0.1, -0.05) is 12.1 Å². The predicted molar refractivity (Wildman–Crippen MR) is 104 cm³/mol. The van der Waals surface area contributed by atoms with Gasteiger partial charge in [-0.25, -0.2) is 4.99 Å². The average molecular weight is 405 g/mol. The second-order valence-electron chi connectivity index (χ2n) is 5.32. The molecule has 3 rings (SSSR count). The Bertz CT molecular complexity index is 1010. The predicted octanol–water partition coefficient (Wildman–Crippen LogP) is 2.17. The van der Waals surface area contributed by atoms with E-state index < -0.39 is 10.3 Å². The highest BCUT2D eigenvalue weighted by Gasteiger charge is 2.23. The van der Waals surface area contributed by atoms with E-state index in [9.17, 15) is 13.2 Å². The Kier molecular flexibility index (Phi) is 5.49. The van der Waals surface area contributed by atoms with Crippen LogP contribution in [0, 0.1) is 0 Å². The van der Waals surface area contributed by atoms with E-state index in [0.717, 1.165) is 11.3 Å². The van der Waals surface area contributed by atoms with Crippen LogP contribution in [0.25, 0.3) is 6.08 Å². The van der Waals surface area contributed by atoms with Gasteiger partial charge >= 0.3 is 10.3 Å². The first-order valence-corrected chi connectivity index (χ1v) is 9.87. The smallest absolute Gasteiger partial charge is 0.380 e. The number of carbonyl (C=O) groups is 1. The largest absolute Gasteiger partial charge is 0.497 e. The Morgan fingerprint density at radius 3 is 2.30 bits per heavy atom. The fourth-order valence-electron chi connectivity index (χ4n) is 2.16. The number of methoxy groups -OCH3 is 1. The number of carbonyl (C=O) groups excluding carboxylic acids is 1. The van der Waals surface area contributed by atoms with Gasteiger partial charge in [0.25, 0.3) is 5.91 Å². The van der Waals surface area contributed by atoms with Gasteiger partial charge < -0.3 is 14.2 Å². The van der Waals surface area contributed by atoms with Crippen LogP contribution in [0.2, 0.25) is 0 Å². The minimum absolute atomic E-state index is 0.0738. The van der Waals surface area contributed by atoms with Crippen molar-refractivity contribution in [2.45, 2.75) is 0 Å². The number of hydrogen-bond acceptors (Lipinski definition) is 7. The quantitative estimate of drug-likeness (QED) is 0.736. The Hall–Kier alpha value is -2.82. The van der Waals surface area contributed by atoms with Crippen molar-refractivity contribution in [3.05, 3.63) is 59.0 Å². The molecule has 2 aromatic carbocycles. The molecule has 0 atom stereocenters. The summed E-state index contributed by atoms with van der Waals surface area (Å²) in [6, 6.07) is 13.2. The van der Waals surface area contributed by atoms with Crippen molar-refractivity contribution in [3.63, 3.8) is 0 Å². The summed E-state index contributed by atoms with van der Waals surface area (Å²) in [5.74, 6) is 0.561. The molecule has 8 nitrogen and oxygen atoms in total. The molecule has 27 heavy (non-hydrogen) atoms. The van der Waals surface area contributed by atoms with Crippen molar-refractivity contribution in [2.24, 2.45) is 10.1 Å². The zero-order chi connectivity index (χ0) is 19.4. The SMILES string of the molecule is COc1ccc(/C=C2/SC(=Nc3ccc(OS(N)(=O)=O)cc3)NC2=O)cc1. The van der Waals surface area contributed by atoms with E-state index in [1.807, 2.05) is 24.3 Å². The highest BCUT2D eigenvalue weighted by Crippen LogP contribution is 2.29. The van der Waals surface area contributed by atoms with Crippen LogP contribution in [-0.2, 0) is 15.1 Å². The minimum Gasteiger partial charge on any atom is -0.497 e. The molecule has 140 valence electrons. The Balaban J connectivity index is 1.73. The first-order chi connectivity index (χ1) is 12.8. The molecule has 2 aromatic rings. The molecule has 0 radical (unpaired) electrons. The Morgan fingerprint density at radius 2 is 1.70 bits per heavy atom. The molecular formula is C17H15N3O5S2. The van der Waals surface area contributed by atoms with E-state index in [2.05, 4.69) is 14.5 Å². The fraction of sp³-hybridized carbons (Fsp3) is 0.0588. The van der Waals surface area contributed by atoms with E-state index in [4.69, 9.17) is 9.88 Å². The lowest BCUT2D eigenvalue weighted by molar-refractivity contribution is -0.115. The van der Waals surface area contributed by atoms with Gasteiger partial charge in [0.1, 0.15) is 11.5 Å². The number of nitrogens with zero attached hydrogens (tertiary/aromatic N) is 1. The zero-order valence-electron chi connectivity index (χ0n) is 14.1. The van der Waals surface area contributed by atoms with Crippen molar-refractivity contribution >= 4 is 44.9 Å². The lowest BCUT2D eigenvalue weighted by atomic mass is 10.2. The maximum Gasteiger partial charge on any atom is 0.380 e. The van der Waals surface area contributed by atoms with Crippen LogP contribution in [0.1, 0.15) is 5.56 Å². The lowest BCUT2D eigenvalue weighted by Crippen LogP contribution is -2.19. The van der Waals surface area contributed by atoms with Crippen molar-refractivity contribution in [1.29, 1.82) is 0 Å². The van der Waals surface area contributed by atoms with Crippen LogP contribution >= 0.6 is 11.8 Å². The molecule has 0 saturated carbocycles. The van der Waals surface area contributed by atoms with Crippen LogP contribution in [0.15, 0.2) is 58.4 Å². The zero-order valence-corrected chi connectivity index (χ0v) is 15.7. The number of hydrogen-bond donors (Lipinski definition) is 2. The van der Waals surface area contributed by atoms with Crippen LogP contribution in [0.3, 0.4) is 0 Å². The minimum atomic E-state index is -4.07. The lowest BCUT2D eigenvalue weighted by Gasteiger charge is -2.02. The van der Waals surface area contributed by atoms with Crippen LogP contribution < -0.4 is 19.4 Å². The summed E-state index contributed by atoms with van der Waals surface area (Å²) >= 11 is 1.20. The molecule has 1 aliphatic rings. The number of nitrogens with one attached hydrogen (secondary N) is 1. The molecule has 1 aliphatic heterocycles. The summed E-state index contributed by atoms with van der Waals surface area (Å²) in [5, 5.41) is 7.90. The summed E-state index contributed by atoms with van der Waals surface area (Å²) in [5.41, 5.74) is 1.38. The molecule has 1 amide bonds. The number of amides is 1. The van der Waals surface area contributed by atoms with E-state index >= 15 is 0 Å². The molecule has 1 fully saturated rings. The van der Waals surface area contributed by atoms with Gasteiger partial charge in [-0.3, -0.25) is 4.79 Å². The molecular weight excluding hydrogens is 390 g/mol. The third-order valence-electron chi connectivity index (χ3n) is 3.34. The number of rotatable bonds is 5. The van der Waals surface area contributed by atoms with Gasteiger partial charge in [0, 0.05) is 0 Å². The molecule has 10 heteroatoms. The van der Waals surface area contributed by atoms with E-state index in [0.29, 0.717) is 15.8 Å². The molecule has 3 N–H and O–H groups in total. The monoisotopic (exact) mass is 405 g/mol. The molecule has 0 aliphatic carbocycles. The number of thioether (sulfide) groups is 1. The van der Waals surface area contributed by atoms with Gasteiger partial charge in [-0.2, -0.15) is 13.6 Å². The van der Waals surface area contributed by atoms with Gasteiger partial charge in [0.15, 0.2) is 5.17 Å². The normalized spacial score (nSPS) is 17.2. The summed E-state index contributed by atoms with van der Waals surface area (Å²) in [6.45, 7) is 0. The van der Waals surface area contributed by atoms with Crippen LogP contribution in [0.4, 0.5) is 5.69 Å². The topological polar surface area (TPSA) is 120 Å². The third-order valence-corrected chi connectivity index (χ3v) is 4.68. The van der Waals surface area contributed by atoms with Crippen molar-refractivity contribution in [1.82, 2.24) is 5.32 Å². The standard InChI is InChI=1S/C17H15N3O5S2/c1-24-13-6-2-11(3-7-13)10-15-16(21)20-17(26-15)19-12-4-8-14(9-5-12)25-27(18,22)23/h2-10H,1H3,(H2,18,22,23)(H,19,20,21)/b15-10+. The number of amidine groups is 1. The van der Waals surface area contributed by atoms with E-state index in [1.165, 1.54) is 23.9 Å². The van der Waals surface area contributed by atoms with E-state index in [1.54, 1.807) is 25.3 Å². The number of ether oxygens (including phenoxy) is 1. The fourth-order valence-corrected chi connectivity index (χ4v) is 3.38. The second-order valence-corrected chi connectivity index (χ2v) is 7.51. The summed E-state index contributed by atoms with van der Waals surface area (Å²) in [6.07, 6.45) is 1.75. The number of nitrogens with two attached hydrogens (primary N) is 1. The van der Waals surface area contributed by atoms with Crippen molar-refractivity contribution in [3.8, 4) is 11.5 Å². The van der Waals surface area contributed by atoms with Gasteiger partial charge in [-0.05, 0) is 59.8 Å². The molecule has 0 aromatic heterocycles. The van der Waals surface area contributed by atoms with Crippen molar-refractivity contribution in [2.75, 3.05) is 7.11 Å². The average Bonchev–Trinajstić information content (AvgIpc) is 2.95. The Morgan fingerprint density at radius 1 is 1.07 bits per heavy atom. The van der Waals surface area contributed by atoms with Crippen LogP contribution in [0.5, 0.6) is 11.5 Å².